The Balaban J connectivity index is 2.63. The average molecular weight is 217 g/mol. The highest BCUT2D eigenvalue weighted by molar-refractivity contribution is 5.29. The molecule has 2 unspecified atom stereocenters. The second kappa shape index (κ2) is 6.19. The Hall–Kier alpha value is -1.46. The molecule has 0 amide bonds. The van der Waals surface area contributed by atoms with Crippen LogP contribution in [-0.2, 0) is 0 Å². The van der Waals surface area contributed by atoms with Gasteiger partial charge in [0.1, 0.15) is 5.75 Å². The van der Waals surface area contributed by atoms with Crippen molar-refractivity contribution in [1.29, 1.82) is 0 Å². The molecule has 0 bridgehead atoms. The first-order chi connectivity index (χ1) is 7.67. The van der Waals surface area contributed by atoms with E-state index in [-0.39, 0.29) is 12.1 Å². The minimum atomic E-state index is 0.0848. The van der Waals surface area contributed by atoms with E-state index in [1.807, 2.05) is 26.0 Å². The summed E-state index contributed by atoms with van der Waals surface area (Å²) in [5.41, 5.74) is 1.21. The number of rotatable bonds is 5. The van der Waals surface area contributed by atoms with Crippen molar-refractivity contribution in [3.63, 3.8) is 0 Å². The third-order valence-electron chi connectivity index (χ3n) is 2.44. The fourth-order valence-corrected chi connectivity index (χ4v) is 1.54. The van der Waals surface area contributed by atoms with Crippen molar-refractivity contribution in [2.24, 2.45) is 0 Å². The van der Waals surface area contributed by atoms with Crippen LogP contribution in [0.15, 0.2) is 24.3 Å². The van der Waals surface area contributed by atoms with Crippen LogP contribution in [0.25, 0.3) is 0 Å². The predicted molar refractivity (Wildman–Crippen MR) is 67.5 cm³/mol. The first-order valence-electron chi connectivity index (χ1n) is 5.62. The summed E-state index contributed by atoms with van der Waals surface area (Å²) in [6.45, 7) is 6.75. The molecule has 2 heteroatoms. The van der Waals surface area contributed by atoms with Gasteiger partial charge in [-0.25, -0.2) is 0 Å². The highest BCUT2D eigenvalue weighted by Crippen LogP contribution is 2.17. The molecule has 0 spiro atoms. The van der Waals surface area contributed by atoms with Gasteiger partial charge in [-0.2, -0.15) is 0 Å². The van der Waals surface area contributed by atoms with Crippen LogP contribution in [0.1, 0.15) is 32.4 Å². The number of ether oxygens (including phenoxy) is 1. The van der Waals surface area contributed by atoms with Gasteiger partial charge in [0.15, 0.2) is 0 Å². The average Bonchev–Trinajstić information content (AvgIpc) is 2.30. The Kier molecular flexibility index (Phi) is 4.88. The van der Waals surface area contributed by atoms with E-state index in [1.165, 1.54) is 5.56 Å². The van der Waals surface area contributed by atoms with Crippen molar-refractivity contribution >= 4 is 0 Å². The van der Waals surface area contributed by atoms with Crippen molar-refractivity contribution < 1.29 is 4.74 Å². The van der Waals surface area contributed by atoms with E-state index >= 15 is 0 Å². The number of benzene rings is 1. The molecule has 0 aliphatic heterocycles. The summed E-state index contributed by atoms with van der Waals surface area (Å²) >= 11 is 0. The zero-order valence-electron chi connectivity index (χ0n) is 10.2. The second-order valence-electron chi connectivity index (χ2n) is 3.78. The molecule has 0 saturated carbocycles. The molecule has 1 rings (SSSR count). The largest absolute Gasteiger partial charge is 0.494 e. The molecule has 0 saturated heterocycles. The summed E-state index contributed by atoms with van der Waals surface area (Å²) < 4.78 is 5.39. The maximum atomic E-state index is 5.39. The molecular weight excluding hydrogens is 198 g/mol. The lowest BCUT2D eigenvalue weighted by Crippen LogP contribution is -2.27. The smallest absolute Gasteiger partial charge is 0.119 e. The molecule has 1 aromatic rings. The number of hydrogen-bond donors (Lipinski definition) is 1. The first kappa shape index (κ1) is 12.6. The van der Waals surface area contributed by atoms with Gasteiger partial charge in [0.2, 0.25) is 0 Å². The van der Waals surface area contributed by atoms with Crippen LogP contribution in [-0.4, -0.2) is 12.6 Å². The van der Waals surface area contributed by atoms with Gasteiger partial charge in [0.05, 0.1) is 12.6 Å². The quantitative estimate of drug-likeness (QED) is 0.766. The van der Waals surface area contributed by atoms with Crippen LogP contribution < -0.4 is 10.1 Å². The molecule has 2 nitrogen and oxygen atoms in total. The Morgan fingerprint density at radius 1 is 1.31 bits per heavy atom. The molecule has 0 aliphatic rings. The molecule has 16 heavy (non-hydrogen) atoms. The third kappa shape index (κ3) is 3.60. The number of nitrogens with one attached hydrogen (secondary N) is 1. The summed E-state index contributed by atoms with van der Waals surface area (Å²) in [6, 6.07) is 8.43. The van der Waals surface area contributed by atoms with Gasteiger partial charge < -0.3 is 4.74 Å². The summed E-state index contributed by atoms with van der Waals surface area (Å²) in [6.07, 6.45) is 5.33. The highest BCUT2D eigenvalue weighted by Gasteiger charge is 2.07. The maximum absolute atomic E-state index is 5.39. The van der Waals surface area contributed by atoms with Gasteiger partial charge in [-0.1, -0.05) is 18.1 Å². The van der Waals surface area contributed by atoms with Crippen LogP contribution in [0.5, 0.6) is 5.75 Å². The highest BCUT2D eigenvalue weighted by atomic mass is 16.5. The summed E-state index contributed by atoms with van der Waals surface area (Å²) in [5.74, 6) is 3.57. The lowest BCUT2D eigenvalue weighted by molar-refractivity contribution is 0.340. The van der Waals surface area contributed by atoms with E-state index in [2.05, 4.69) is 30.3 Å². The molecule has 86 valence electrons. The van der Waals surface area contributed by atoms with Gasteiger partial charge >= 0.3 is 0 Å². The minimum Gasteiger partial charge on any atom is -0.494 e. The number of terminal acetylenes is 1. The molecule has 2 atom stereocenters. The molecule has 0 aliphatic carbocycles. The fraction of sp³-hybridized carbons (Fsp3) is 0.429. The van der Waals surface area contributed by atoms with Crippen molar-refractivity contribution in [3.05, 3.63) is 29.8 Å². The molecule has 1 aromatic carbocycles. The van der Waals surface area contributed by atoms with E-state index < -0.39 is 0 Å². The normalized spacial score (nSPS) is 13.9. The standard InChI is InChI=1S/C14H19NO/c1-5-11(3)15-12(4)13-7-9-14(10-8-13)16-6-2/h1,7-12,15H,6H2,2-4H3. The van der Waals surface area contributed by atoms with Crippen LogP contribution in [0, 0.1) is 12.3 Å². The van der Waals surface area contributed by atoms with Crippen molar-refractivity contribution in [1.82, 2.24) is 5.32 Å². The van der Waals surface area contributed by atoms with Gasteiger partial charge in [0.25, 0.3) is 0 Å². The summed E-state index contributed by atoms with van der Waals surface area (Å²) in [4.78, 5) is 0. The molecule has 0 fully saturated rings. The van der Waals surface area contributed by atoms with Gasteiger partial charge in [-0.15, -0.1) is 6.42 Å². The molecule has 0 aromatic heterocycles. The molecule has 0 radical (unpaired) electrons. The van der Waals surface area contributed by atoms with Crippen molar-refractivity contribution in [2.75, 3.05) is 6.61 Å². The van der Waals surface area contributed by atoms with Crippen molar-refractivity contribution in [2.45, 2.75) is 32.9 Å². The summed E-state index contributed by atoms with van der Waals surface area (Å²) in [7, 11) is 0. The van der Waals surface area contributed by atoms with Gasteiger partial charge in [0, 0.05) is 6.04 Å². The Morgan fingerprint density at radius 2 is 1.94 bits per heavy atom. The predicted octanol–water partition coefficient (Wildman–Crippen LogP) is 2.76. The zero-order valence-corrected chi connectivity index (χ0v) is 10.2. The Morgan fingerprint density at radius 3 is 2.44 bits per heavy atom. The van der Waals surface area contributed by atoms with Crippen LogP contribution in [0.3, 0.4) is 0 Å². The lowest BCUT2D eigenvalue weighted by Gasteiger charge is -2.17. The SMILES string of the molecule is C#CC(C)NC(C)c1ccc(OCC)cc1. The number of hydrogen-bond acceptors (Lipinski definition) is 2. The molecular formula is C14H19NO. The van der Waals surface area contributed by atoms with E-state index in [4.69, 9.17) is 11.2 Å². The van der Waals surface area contributed by atoms with Crippen LogP contribution in [0.4, 0.5) is 0 Å². The Bertz CT molecular complexity index is 350. The van der Waals surface area contributed by atoms with E-state index in [9.17, 15) is 0 Å². The monoisotopic (exact) mass is 217 g/mol. The van der Waals surface area contributed by atoms with Crippen molar-refractivity contribution in [3.8, 4) is 18.1 Å². The van der Waals surface area contributed by atoms with Gasteiger partial charge in [-0.05, 0) is 38.5 Å². The molecule has 1 N–H and O–H groups in total. The first-order valence-corrected chi connectivity index (χ1v) is 5.62. The molecule has 0 heterocycles. The van der Waals surface area contributed by atoms with E-state index in [1.54, 1.807) is 0 Å². The fourth-order valence-electron chi connectivity index (χ4n) is 1.54. The topological polar surface area (TPSA) is 21.3 Å². The second-order valence-corrected chi connectivity index (χ2v) is 3.78. The lowest BCUT2D eigenvalue weighted by atomic mass is 10.1. The summed E-state index contributed by atoms with van der Waals surface area (Å²) in [5, 5.41) is 3.32. The maximum Gasteiger partial charge on any atom is 0.119 e. The van der Waals surface area contributed by atoms with E-state index in [0.717, 1.165) is 5.75 Å². The Labute approximate surface area is 98.0 Å². The van der Waals surface area contributed by atoms with Crippen LogP contribution >= 0.6 is 0 Å². The minimum absolute atomic E-state index is 0.0848. The third-order valence-corrected chi connectivity index (χ3v) is 2.44. The van der Waals surface area contributed by atoms with Crippen LogP contribution in [0.2, 0.25) is 0 Å². The van der Waals surface area contributed by atoms with Gasteiger partial charge in [-0.3, -0.25) is 5.32 Å². The van der Waals surface area contributed by atoms with E-state index in [0.29, 0.717) is 6.61 Å². The zero-order chi connectivity index (χ0) is 12.0.